The van der Waals surface area contributed by atoms with Crippen molar-refractivity contribution >= 4 is 31.2 Å². The molecule has 1 aromatic carbocycles. The molecule has 0 spiro atoms. The maximum Gasteiger partial charge on any atom is 0.170 e. The van der Waals surface area contributed by atoms with Crippen LogP contribution in [0.25, 0.3) is 10.9 Å². The van der Waals surface area contributed by atoms with E-state index in [9.17, 15) is 4.79 Å². The van der Waals surface area contributed by atoms with E-state index in [-0.39, 0.29) is 11.2 Å². The number of Topliss-reactive ketones (excluding diaryl/α,β-unsaturated/α-hetero) is 1. The minimum absolute atomic E-state index is 0.161. The fourth-order valence-electron chi connectivity index (χ4n) is 1.86. The number of benzene rings is 1. The topological polar surface area (TPSA) is 30.0 Å². The standard InChI is InChI=1S/C15H18NOP/c1-4-15(2,3)14(17)11-8-10-6-5-7-12(18)13(10)16-9-11/h5-9H,4,18H2,1-3H3. The Labute approximate surface area is 110 Å². The fourth-order valence-corrected chi connectivity index (χ4v) is 2.21. The van der Waals surface area contributed by atoms with Crippen LogP contribution in [-0.2, 0) is 0 Å². The summed E-state index contributed by atoms with van der Waals surface area (Å²) in [7, 11) is 2.67. The van der Waals surface area contributed by atoms with Crippen molar-refractivity contribution < 1.29 is 4.79 Å². The lowest BCUT2D eigenvalue weighted by Crippen LogP contribution is -2.23. The molecule has 1 atom stereocenters. The van der Waals surface area contributed by atoms with Crippen LogP contribution in [0.1, 0.15) is 37.6 Å². The first-order chi connectivity index (χ1) is 8.45. The van der Waals surface area contributed by atoms with Gasteiger partial charge in [-0.05, 0) is 17.8 Å². The van der Waals surface area contributed by atoms with Crippen LogP contribution in [0.4, 0.5) is 0 Å². The lowest BCUT2D eigenvalue weighted by molar-refractivity contribution is 0.0833. The molecule has 3 heteroatoms. The van der Waals surface area contributed by atoms with E-state index < -0.39 is 0 Å². The van der Waals surface area contributed by atoms with Crippen molar-refractivity contribution in [2.45, 2.75) is 27.2 Å². The van der Waals surface area contributed by atoms with Gasteiger partial charge in [0.25, 0.3) is 0 Å². The first-order valence-electron chi connectivity index (χ1n) is 6.15. The highest BCUT2D eigenvalue weighted by Gasteiger charge is 2.26. The number of fused-ring (bicyclic) bond motifs is 1. The molecule has 0 bridgehead atoms. The number of pyridine rings is 1. The van der Waals surface area contributed by atoms with Crippen LogP contribution in [0.15, 0.2) is 30.5 Å². The molecular weight excluding hydrogens is 241 g/mol. The van der Waals surface area contributed by atoms with Gasteiger partial charge in [0.05, 0.1) is 5.52 Å². The summed E-state index contributed by atoms with van der Waals surface area (Å²) < 4.78 is 0. The van der Waals surface area contributed by atoms with Gasteiger partial charge in [0.15, 0.2) is 5.78 Å². The second-order valence-corrected chi connectivity index (χ2v) is 5.83. The van der Waals surface area contributed by atoms with E-state index in [1.807, 2.05) is 45.0 Å². The first-order valence-corrected chi connectivity index (χ1v) is 6.72. The van der Waals surface area contributed by atoms with E-state index in [1.54, 1.807) is 6.20 Å². The molecule has 0 aliphatic heterocycles. The molecule has 0 amide bonds. The number of hydrogen-bond acceptors (Lipinski definition) is 2. The Morgan fingerprint density at radius 3 is 2.78 bits per heavy atom. The molecule has 1 aromatic heterocycles. The number of aromatic nitrogens is 1. The summed E-state index contributed by atoms with van der Waals surface area (Å²) in [4.78, 5) is 16.8. The van der Waals surface area contributed by atoms with Gasteiger partial charge < -0.3 is 0 Å². The van der Waals surface area contributed by atoms with Gasteiger partial charge in [-0.15, -0.1) is 9.24 Å². The molecule has 94 valence electrons. The highest BCUT2D eigenvalue weighted by atomic mass is 31.0. The summed E-state index contributed by atoms with van der Waals surface area (Å²) in [5.74, 6) is 0.161. The summed E-state index contributed by atoms with van der Waals surface area (Å²) in [6.07, 6.45) is 2.52. The second kappa shape index (κ2) is 4.78. The summed E-state index contributed by atoms with van der Waals surface area (Å²) in [5, 5.41) is 2.07. The van der Waals surface area contributed by atoms with Crippen LogP contribution in [0.3, 0.4) is 0 Å². The summed E-state index contributed by atoms with van der Waals surface area (Å²) >= 11 is 0. The molecule has 0 N–H and O–H groups in total. The number of ketones is 1. The van der Waals surface area contributed by atoms with E-state index in [1.165, 1.54) is 0 Å². The largest absolute Gasteiger partial charge is 0.294 e. The van der Waals surface area contributed by atoms with E-state index in [4.69, 9.17) is 0 Å². The average molecular weight is 259 g/mol. The van der Waals surface area contributed by atoms with Gasteiger partial charge in [-0.3, -0.25) is 9.78 Å². The monoisotopic (exact) mass is 259 g/mol. The van der Waals surface area contributed by atoms with Crippen molar-refractivity contribution in [2.75, 3.05) is 0 Å². The molecule has 18 heavy (non-hydrogen) atoms. The van der Waals surface area contributed by atoms with E-state index in [2.05, 4.69) is 14.2 Å². The van der Waals surface area contributed by atoms with Crippen molar-refractivity contribution in [3.63, 3.8) is 0 Å². The molecule has 2 nitrogen and oxygen atoms in total. The SMILES string of the molecule is CCC(C)(C)C(=O)c1cnc2c(P)cccc2c1. The Bertz CT molecular complexity index is 604. The number of hydrogen-bond donors (Lipinski definition) is 0. The average Bonchev–Trinajstić information content (AvgIpc) is 2.37. The highest BCUT2D eigenvalue weighted by molar-refractivity contribution is 7.28. The first kappa shape index (κ1) is 13.2. The summed E-state index contributed by atoms with van der Waals surface area (Å²) in [6, 6.07) is 7.91. The zero-order valence-corrected chi connectivity index (χ0v) is 12.2. The van der Waals surface area contributed by atoms with Crippen molar-refractivity contribution in [3.8, 4) is 0 Å². The van der Waals surface area contributed by atoms with Crippen molar-refractivity contribution in [2.24, 2.45) is 5.41 Å². The van der Waals surface area contributed by atoms with Crippen LogP contribution in [0.5, 0.6) is 0 Å². The minimum Gasteiger partial charge on any atom is -0.294 e. The zero-order valence-electron chi connectivity index (χ0n) is 11.0. The van der Waals surface area contributed by atoms with Gasteiger partial charge in [0, 0.05) is 22.6 Å². The maximum atomic E-state index is 12.4. The summed E-state index contributed by atoms with van der Waals surface area (Å²) in [5.41, 5.74) is 1.31. The smallest absolute Gasteiger partial charge is 0.170 e. The van der Waals surface area contributed by atoms with Crippen molar-refractivity contribution in [1.82, 2.24) is 4.98 Å². The van der Waals surface area contributed by atoms with Crippen molar-refractivity contribution in [3.05, 3.63) is 36.0 Å². The van der Waals surface area contributed by atoms with Crippen LogP contribution >= 0.6 is 9.24 Å². The third-order valence-electron chi connectivity index (χ3n) is 3.50. The van der Waals surface area contributed by atoms with Gasteiger partial charge >= 0.3 is 0 Å². The Morgan fingerprint density at radius 1 is 1.39 bits per heavy atom. The number of carbonyl (C=O) groups excluding carboxylic acids is 1. The third-order valence-corrected chi connectivity index (χ3v) is 3.97. The van der Waals surface area contributed by atoms with Crippen LogP contribution in [-0.4, -0.2) is 10.8 Å². The van der Waals surface area contributed by atoms with Gasteiger partial charge in [-0.25, -0.2) is 0 Å². The predicted molar refractivity (Wildman–Crippen MR) is 79.5 cm³/mol. The fraction of sp³-hybridized carbons (Fsp3) is 0.333. The molecule has 0 saturated heterocycles. The van der Waals surface area contributed by atoms with E-state index in [0.29, 0.717) is 5.56 Å². The normalized spacial score (nSPS) is 11.8. The molecule has 1 unspecified atom stereocenters. The molecule has 2 rings (SSSR count). The van der Waals surface area contributed by atoms with Gasteiger partial charge in [-0.2, -0.15) is 0 Å². The molecule has 0 radical (unpaired) electrons. The van der Waals surface area contributed by atoms with E-state index >= 15 is 0 Å². The minimum atomic E-state index is -0.325. The second-order valence-electron chi connectivity index (χ2n) is 5.21. The third kappa shape index (κ3) is 2.30. The Balaban J connectivity index is 2.52. The van der Waals surface area contributed by atoms with Gasteiger partial charge in [0.2, 0.25) is 0 Å². The number of nitrogens with zero attached hydrogens (tertiary/aromatic N) is 1. The number of carbonyl (C=O) groups is 1. The van der Waals surface area contributed by atoms with Gasteiger partial charge in [0.1, 0.15) is 0 Å². The number of para-hydroxylation sites is 1. The van der Waals surface area contributed by atoms with E-state index in [0.717, 1.165) is 22.6 Å². The lowest BCUT2D eigenvalue weighted by atomic mass is 9.82. The molecule has 2 aromatic rings. The Hall–Kier alpha value is -1.27. The maximum absolute atomic E-state index is 12.4. The molecule has 0 aliphatic rings. The van der Waals surface area contributed by atoms with Crippen LogP contribution in [0.2, 0.25) is 0 Å². The predicted octanol–water partition coefficient (Wildman–Crippen LogP) is 3.35. The molecular formula is C15H18NOP. The van der Waals surface area contributed by atoms with Crippen molar-refractivity contribution in [1.29, 1.82) is 0 Å². The molecule has 0 aliphatic carbocycles. The highest BCUT2D eigenvalue weighted by Crippen LogP contribution is 2.26. The molecule has 0 fully saturated rings. The Kier molecular flexibility index (Phi) is 3.49. The quantitative estimate of drug-likeness (QED) is 0.625. The Morgan fingerprint density at radius 2 is 2.11 bits per heavy atom. The van der Waals surface area contributed by atoms with Gasteiger partial charge in [-0.1, -0.05) is 39.0 Å². The van der Waals surface area contributed by atoms with Crippen LogP contribution < -0.4 is 5.30 Å². The lowest BCUT2D eigenvalue weighted by Gasteiger charge is -2.20. The zero-order chi connectivity index (χ0) is 13.3. The molecule has 1 heterocycles. The molecule has 0 saturated carbocycles. The summed E-state index contributed by atoms with van der Waals surface area (Å²) in [6.45, 7) is 5.99. The van der Waals surface area contributed by atoms with Crippen LogP contribution in [0, 0.1) is 5.41 Å². The number of rotatable bonds is 3.